The minimum Gasteiger partial charge on any atom is -0.478 e. The van der Waals surface area contributed by atoms with Crippen LogP contribution < -0.4 is 10.1 Å². The number of hydrogen-bond acceptors (Lipinski definition) is 4. The molecule has 0 spiro atoms. The van der Waals surface area contributed by atoms with Crippen LogP contribution in [-0.4, -0.2) is 22.0 Å². The lowest BCUT2D eigenvalue weighted by Crippen LogP contribution is -2.17. The molecule has 0 fully saturated rings. The molecule has 2 N–H and O–H groups in total. The topological polar surface area (TPSA) is 88.5 Å². The van der Waals surface area contributed by atoms with E-state index in [0.717, 1.165) is 5.56 Å². The second-order valence-corrected chi connectivity index (χ2v) is 5.49. The normalized spacial score (nSPS) is 10.2. The van der Waals surface area contributed by atoms with Gasteiger partial charge >= 0.3 is 5.97 Å². The number of aromatic nitrogens is 1. The van der Waals surface area contributed by atoms with Crippen molar-refractivity contribution < 1.29 is 19.4 Å². The standard InChI is InChI=1S/C20H16N2O4/c23-18(22-19-17(20(24)25)10-5-11-21-19)13-14-6-4-9-16(12-14)26-15-7-2-1-3-8-15/h1-12H,13H2,(H,24,25)(H,21,22,23). The number of nitrogens with one attached hydrogen (secondary N) is 1. The van der Waals surface area contributed by atoms with Gasteiger partial charge in [-0.05, 0) is 42.0 Å². The molecule has 0 saturated carbocycles. The summed E-state index contributed by atoms with van der Waals surface area (Å²) >= 11 is 0. The Morgan fingerprint density at radius 1 is 0.962 bits per heavy atom. The van der Waals surface area contributed by atoms with Gasteiger partial charge in [-0.2, -0.15) is 0 Å². The van der Waals surface area contributed by atoms with E-state index in [1.54, 1.807) is 24.3 Å². The summed E-state index contributed by atoms with van der Waals surface area (Å²) in [6, 6.07) is 19.4. The zero-order valence-corrected chi connectivity index (χ0v) is 13.8. The van der Waals surface area contributed by atoms with Crippen LogP contribution in [0.3, 0.4) is 0 Å². The predicted molar refractivity (Wildman–Crippen MR) is 96.5 cm³/mol. The highest BCUT2D eigenvalue weighted by atomic mass is 16.5. The molecule has 0 unspecified atom stereocenters. The molecule has 6 nitrogen and oxygen atoms in total. The predicted octanol–water partition coefficient (Wildman–Crippen LogP) is 3.75. The third-order valence-electron chi connectivity index (χ3n) is 3.54. The van der Waals surface area contributed by atoms with E-state index in [1.807, 2.05) is 30.3 Å². The third-order valence-corrected chi connectivity index (χ3v) is 3.54. The largest absolute Gasteiger partial charge is 0.478 e. The summed E-state index contributed by atoms with van der Waals surface area (Å²) in [6.07, 6.45) is 1.50. The Morgan fingerprint density at radius 2 is 1.73 bits per heavy atom. The summed E-state index contributed by atoms with van der Waals surface area (Å²) in [5.41, 5.74) is 0.686. The van der Waals surface area contributed by atoms with Crippen LogP contribution >= 0.6 is 0 Å². The summed E-state index contributed by atoms with van der Waals surface area (Å²) in [6.45, 7) is 0. The number of carbonyl (C=O) groups is 2. The van der Waals surface area contributed by atoms with Crippen LogP contribution in [-0.2, 0) is 11.2 Å². The molecule has 0 saturated heterocycles. The lowest BCUT2D eigenvalue weighted by atomic mass is 10.1. The third kappa shape index (κ3) is 4.45. The zero-order chi connectivity index (χ0) is 18.4. The van der Waals surface area contributed by atoms with Gasteiger partial charge in [0.15, 0.2) is 0 Å². The molecule has 0 aliphatic heterocycles. The number of amides is 1. The summed E-state index contributed by atoms with van der Waals surface area (Å²) in [5.74, 6) is -0.157. The number of hydrogen-bond donors (Lipinski definition) is 2. The van der Waals surface area contributed by atoms with Gasteiger partial charge in [0.05, 0.1) is 6.42 Å². The number of para-hydroxylation sites is 1. The van der Waals surface area contributed by atoms with Crippen LogP contribution in [0.2, 0.25) is 0 Å². The quantitative estimate of drug-likeness (QED) is 0.708. The lowest BCUT2D eigenvalue weighted by molar-refractivity contribution is -0.115. The molecule has 6 heteroatoms. The molecule has 0 radical (unpaired) electrons. The second kappa shape index (κ2) is 7.94. The van der Waals surface area contributed by atoms with Crippen LogP contribution in [0.25, 0.3) is 0 Å². The first-order valence-electron chi connectivity index (χ1n) is 7.92. The van der Waals surface area contributed by atoms with Gasteiger partial charge in [-0.15, -0.1) is 0 Å². The van der Waals surface area contributed by atoms with Crippen LogP contribution in [0.4, 0.5) is 5.82 Å². The van der Waals surface area contributed by atoms with Crippen LogP contribution in [0, 0.1) is 0 Å². The molecule has 1 heterocycles. The van der Waals surface area contributed by atoms with Gasteiger partial charge in [0.25, 0.3) is 0 Å². The smallest absolute Gasteiger partial charge is 0.339 e. The molecule has 0 atom stereocenters. The fraction of sp³-hybridized carbons (Fsp3) is 0.0500. The Hall–Kier alpha value is -3.67. The Bertz CT molecular complexity index is 926. The fourth-order valence-electron chi connectivity index (χ4n) is 2.38. The number of carbonyl (C=O) groups excluding carboxylic acids is 1. The van der Waals surface area contributed by atoms with Gasteiger partial charge < -0.3 is 15.2 Å². The molecule has 2 aromatic carbocycles. The van der Waals surface area contributed by atoms with Crippen molar-refractivity contribution in [3.8, 4) is 11.5 Å². The van der Waals surface area contributed by atoms with Crippen LogP contribution in [0.5, 0.6) is 11.5 Å². The Balaban J connectivity index is 1.68. The number of carboxylic acid groups (broad SMARTS) is 1. The first kappa shape index (κ1) is 17.2. The van der Waals surface area contributed by atoms with Crippen molar-refractivity contribution in [1.29, 1.82) is 0 Å². The molecule has 0 bridgehead atoms. The van der Waals surface area contributed by atoms with Gasteiger partial charge in [0.1, 0.15) is 22.9 Å². The van der Waals surface area contributed by atoms with E-state index in [1.165, 1.54) is 18.3 Å². The average Bonchev–Trinajstić information content (AvgIpc) is 2.63. The minimum atomic E-state index is -1.15. The van der Waals surface area contributed by atoms with E-state index in [0.29, 0.717) is 11.5 Å². The van der Waals surface area contributed by atoms with Gasteiger partial charge in [-0.3, -0.25) is 4.79 Å². The zero-order valence-electron chi connectivity index (χ0n) is 13.8. The Kier molecular flexibility index (Phi) is 5.24. The SMILES string of the molecule is O=C(Cc1cccc(Oc2ccccc2)c1)Nc1ncccc1C(=O)O. The molecule has 3 rings (SSSR count). The molecule has 3 aromatic rings. The monoisotopic (exact) mass is 348 g/mol. The number of anilines is 1. The number of carboxylic acids is 1. The highest BCUT2D eigenvalue weighted by Gasteiger charge is 2.13. The number of ether oxygens (including phenoxy) is 1. The van der Waals surface area contributed by atoms with Gasteiger partial charge in [-0.25, -0.2) is 9.78 Å². The maximum absolute atomic E-state index is 12.2. The molecule has 1 amide bonds. The summed E-state index contributed by atoms with van der Waals surface area (Å²) < 4.78 is 5.75. The van der Waals surface area contributed by atoms with E-state index in [9.17, 15) is 9.59 Å². The molecule has 0 aliphatic rings. The van der Waals surface area contributed by atoms with Crippen molar-refractivity contribution >= 4 is 17.7 Å². The average molecular weight is 348 g/mol. The van der Waals surface area contributed by atoms with E-state index >= 15 is 0 Å². The lowest BCUT2D eigenvalue weighted by Gasteiger charge is -2.09. The highest BCUT2D eigenvalue weighted by molar-refractivity contribution is 5.99. The molecule has 0 aliphatic carbocycles. The fourth-order valence-corrected chi connectivity index (χ4v) is 2.38. The molecular formula is C20H16N2O4. The van der Waals surface area contributed by atoms with E-state index in [2.05, 4.69) is 10.3 Å². The van der Waals surface area contributed by atoms with Crippen molar-refractivity contribution in [2.45, 2.75) is 6.42 Å². The number of nitrogens with zero attached hydrogens (tertiary/aromatic N) is 1. The van der Waals surface area contributed by atoms with Crippen molar-refractivity contribution in [2.75, 3.05) is 5.32 Å². The summed E-state index contributed by atoms with van der Waals surface area (Å²) in [4.78, 5) is 27.3. The second-order valence-electron chi connectivity index (χ2n) is 5.49. The molecular weight excluding hydrogens is 332 g/mol. The number of aromatic carboxylic acids is 1. The molecule has 130 valence electrons. The van der Waals surface area contributed by atoms with Crippen molar-refractivity contribution in [1.82, 2.24) is 4.98 Å². The Morgan fingerprint density at radius 3 is 2.50 bits per heavy atom. The van der Waals surface area contributed by atoms with Crippen molar-refractivity contribution in [2.24, 2.45) is 0 Å². The van der Waals surface area contributed by atoms with Gasteiger partial charge in [0, 0.05) is 6.20 Å². The van der Waals surface area contributed by atoms with Crippen molar-refractivity contribution in [3.05, 3.63) is 84.1 Å². The first-order valence-corrected chi connectivity index (χ1v) is 7.92. The minimum absolute atomic E-state index is 0.0293. The van der Waals surface area contributed by atoms with Crippen LogP contribution in [0.1, 0.15) is 15.9 Å². The highest BCUT2D eigenvalue weighted by Crippen LogP contribution is 2.22. The van der Waals surface area contributed by atoms with E-state index in [-0.39, 0.29) is 23.7 Å². The Labute approximate surface area is 150 Å². The van der Waals surface area contributed by atoms with Gasteiger partial charge in [-0.1, -0.05) is 30.3 Å². The molecule has 1 aromatic heterocycles. The number of rotatable bonds is 6. The number of pyridine rings is 1. The van der Waals surface area contributed by atoms with Crippen molar-refractivity contribution in [3.63, 3.8) is 0 Å². The summed E-state index contributed by atoms with van der Waals surface area (Å²) in [5, 5.41) is 11.7. The van der Waals surface area contributed by atoms with Gasteiger partial charge in [0.2, 0.25) is 5.91 Å². The van der Waals surface area contributed by atoms with Crippen LogP contribution in [0.15, 0.2) is 72.9 Å². The number of benzene rings is 2. The molecule has 26 heavy (non-hydrogen) atoms. The maximum atomic E-state index is 12.2. The van der Waals surface area contributed by atoms with E-state index in [4.69, 9.17) is 9.84 Å². The van der Waals surface area contributed by atoms with E-state index < -0.39 is 5.97 Å². The maximum Gasteiger partial charge on any atom is 0.339 e. The summed E-state index contributed by atoms with van der Waals surface area (Å²) in [7, 11) is 0. The first-order chi connectivity index (χ1) is 12.6.